The van der Waals surface area contributed by atoms with Gasteiger partial charge in [0.05, 0.1) is 16.8 Å². The molecule has 36 heavy (non-hydrogen) atoms. The molecule has 0 saturated carbocycles. The number of aryl methyl sites for hydroxylation is 1. The summed E-state index contributed by atoms with van der Waals surface area (Å²) < 4.78 is 5.78. The molecule has 1 atom stereocenters. The number of ether oxygens (including phenoxy) is 1. The first-order valence-corrected chi connectivity index (χ1v) is 12.5. The van der Waals surface area contributed by atoms with Crippen molar-refractivity contribution < 1.29 is 14.3 Å². The van der Waals surface area contributed by atoms with Gasteiger partial charge >= 0.3 is 6.03 Å². The second-order valence-electron chi connectivity index (χ2n) is 8.70. The highest BCUT2D eigenvalue weighted by Gasteiger charge is 2.34. The molecule has 11 heteroatoms. The van der Waals surface area contributed by atoms with Gasteiger partial charge in [0.15, 0.2) is 5.82 Å². The summed E-state index contributed by atoms with van der Waals surface area (Å²) in [6.07, 6.45) is 3.56. The molecule has 0 radical (unpaired) electrons. The number of para-hydroxylation sites is 1. The van der Waals surface area contributed by atoms with Crippen LogP contribution in [0.5, 0.6) is 11.6 Å². The highest BCUT2D eigenvalue weighted by molar-refractivity contribution is 7.21. The fraction of sp³-hybridized carbons (Fsp3) is 0.240. The number of thiophene rings is 1. The maximum atomic E-state index is 13.3. The van der Waals surface area contributed by atoms with Crippen LogP contribution in [0, 0.1) is 6.92 Å². The number of piperidine rings is 1. The minimum absolute atomic E-state index is 0.0569. The Hall–Kier alpha value is -4.09. The Morgan fingerprint density at radius 1 is 1.22 bits per heavy atom. The molecule has 0 bridgehead atoms. The number of carbonyl (C=O) groups excluding carboxylic acids is 2. The lowest BCUT2D eigenvalue weighted by Crippen LogP contribution is -2.45. The van der Waals surface area contributed by atoms with Gasteiger partial charge in [-0.2, -0.15) is 0 Å². The lowest BCUT2D eigenvalue weighted by Gasteiger charge is -2.28. The van der Waals surface area contributed by atoms with Crippen LogP contribution in [-0.2, 0) is 0 Å². The molecule has 0 spiro atoms. The molecular weight excluding hydrogens is 478 g/mol. The molecule has 3 amide bonds. The van der Waals surface area contributed by atoms with Gasteiger partial charge in [-0.1, -0.05) is 18.2 Å². The van der Waals surface area contributed by atoms with E-state index in [1.54, 1.807) is 18.3 Å². The maximum absolute atomic E-state index is 13.3. The Bertz CT molecular complexity index is 1470. The monoisotopic (exact) mass is 501 g/mol. The summed E-state index contributed by atoms with van der Waals surface area (Å²) in [7, 11) is 0. The number of anilines is 3. The first-order chi connectivity index (χ1) is 17.6. The van der Waals surface area contributed by atoms with E-state index in [9.17, 15) is 9.59 Å². The molecule has 1 aromatic carbocycles. The fourth-order valence-electron chi connectivity index (χ4n) is 4.51. The van der Waals surface area contributed by atoms with Gasteiger partial charge in [-0.15, -0.1) is 21.5 Å². The van der Waals surface area contributed by atoms with Crippen molar-refractivity contribution >= 4 is 50.7 Å². The fourth-order valence-corrected chi connectivity index (χ4v) is 5.54. The summed E-state index contributed by atoms with van der Waals surface area (Å²) >= 11 is 1.27. The van der Waals surface area contributed by atoms with E-state index in [4.69, 9.17) is 4.74 Å². The van der Waals surface area contributed by atoms with E-state index >= 15 is 0 Å². The second kappa shape index (κ2) is 9.17. The maximum Gasteiger partial charge on any atom is 0.332 e. The van der Waals surface area contributed by atoms with E-state index in [0.717, 1.165) is 25.9 Å². The van der Waals surface area contributed by atoms with Gasteiger partial charge in [-0.05, 0) is 50.1 Å². The molecule has 3 aromatic heterocycles. The van der Waals surface area contributed by atoms with Crippen LogP contribution in [-0.4, -0.2) is 46.3 Å². The number of benzene rings is 1. The van der Waals surface area contributed by atoms with E-state index in [2.05, 4.69) is 31.1 Å². The number of amides is 3. The van der Waals surface area contributed by atoms with Crippen LogP contribution >= 0.6 is 11.3 Å². The van der Waals surface area contributed by atoms with Crippen LogP contribution < -0.4 is 25.6 Å². The SMILES string of the molecule is Cc1cc(Oc2ccccc2)nnc1N1C(=O)Nc2c(C(=O)N[C@@H]3CCCNC3)sc3nccc1c23. The molecule has 182 valence electrons. The topological polar surface area (TPSA) is 121 Å². The Morgan fingerprint density at radius 3 is 2.86 bits per heavy atom. The molecule has 0 aliphatic carbocycles. The number of carbonyl (C=O) groups is 2. The average Bonchev–Trinajstić information content (AvgIpc) is 3.26. The highest BCUT2D eigenvalue weighted by atomic mass is 32.1. The third kappa shape index (κ3) is 4.01. The van der Waals surface area contributed by atoms with Crippen molar-refractivity contribution in [1.82, 2.24) is 25.8 Å². The number of rotatable bonds is 5. The molecule has 5 heterocycles. The quantitative estimate of drug-likeness (QED) is 0.372. The number of pyridine rings is 1. The lowest BCUT2D eigenvalue weighted by atomic mass is 10.1. The van der Waals surface area contributed by atoms with Crippen molar-refractivity contribution in [2.45, 2.75) is 25.8 Å². The summed E-state index contributed by atoms with van der Waals surface area (Å²) in [6.45, 7) is 3.53. The average molecular weight is 502 g/mol. The van der Waals surface area contributed by atoms with E-state index in [-0.39, 0.29) is 11.9 Å². The number of nitrogens with zero attached hydrogens (tertiary/aromatic N) is 4. The largest absolute Gasteiger partial charge is 0.438 e. The molecule has 1 saturated heterocycles. The number of nitrogens with one attached hydrogen (secondary N) is 3. The molecule has 2 aliphatic rings. The Morgan fingerprint density at radius 2 is 2.08 bits per heavy atom. The number of aromatic nitrogens is 3. The van der Waals surface area contributed by atoms with Crippen LogP contribution in [0.4, 0.5) is 22.0 Å². The van der Waals surface area contributed by atoms with Crippen molar-refractivity contribution in [3.8, 4) is 11.6 Å². The van der Waals surface area contributed by atoms with Crippen LogP contribution in [0.1, 0.15) is 28.1 Å². The smallest absolute Gasteiger partial charge is 0.332 e. The Labute approximate surface area is 210 Å². The van der Waals surface area contributed by atoms with Gasteiger partial charge in [0.1, 0.15) is 15.5 Å². The van der Waals surface area contributed by atoms with Crippen molar-refractivity contribution in [3.05, 3.63) is 59.1 Å². The second-order valence-corrected chi connectivity index (χ2v) is 9.70. The first kappa shape index (κ1) is 22.4. The third-order valence-corrected chi connectivity index (χ3v) is 7.29. The van der Waals surface area contributed by atoms with Crippen molar-refractivity contribution in [2.75, 3.05) is 23.3 Å². The van der Waals surface area contributed by atoms with Crippen molar-refractivity contribution in [2.24, 2.45) is 0 Å². The normalized spacial score (nSPS) is 17.1. The Kier molecular flexibility index (Phi) is 5.70. The van der Waals surface area contributed by atoms with Crippen LogP contribution in [0.3, 0.4) is 0 Å². The summed E-state index contributed by atoms with van der Waals surface area (Å²) in [5.74, 6) is 1.13. The molecule has 10 nitrogen and oxygen atoms in total. The molecule has 0 unspecified atom stereocenters. The highest BCUT2D eigenvalue weighted by Crippen LogP contribution is 2.45. The number of urea groups is 1. The lowest BCUT2D eigenvalue weighted by molar-refractivity contribution is 0.0935. The van der Waals surface area contributed by atoms with E-state index in [1.165, 1.54) is 16.2 Å². The summed E-state index contributed by atoms with van der Waals surface area (Å²) in [4.78, 5) is 33.5. The van der Waals surface area contributed by atoms with Gasteiger partial charge in [0.25, 0.3) is 5.91 Å². The summed E-state index contributed by atoms with van der Waals surface area (Å²) in [6, 6.07) is 12.4. The summed E-state index contributed by atoms with van der Waals surface area (Å²) in [5, 5.41) is 18.5. The van der Waals surface area contributed by atoms with Crippen LogP contribution in [0.15, 0.2) is 48.7 Å². The van der Waals surface area contributed by atoms with Crippen LogP contribution in [0.25, 0.3) is 10.2 Å². The van der Waals surface area contributed by atoms with Gasteiger partial charge in [-0.3, -0.25) is 4.79 Å². The third-order valence-electron chi connectivity index (χ3n) is 6.20. The predicted octanol–water partition coefficient (Wildman–Crippen LogP) is 4.35. The van der Waals surface area contributed by atoms with Crippen molar-refractivity contribution in [3.63, 3.8) is 0 Å². The summed E-state index contributed by atoms with van der Waals surface area (Å²) in [5.41, 5.74) is 1.79. The zero-order valence-electron chi connectivity index (χ0n) is 19.4. The van der Waals surface area contributed by atoms with Crippen LogP contribution in [0.2, 0.25) is 0 Å². The number of hydrogen-bond acceptors (Lipinski definition) is 8. The minimum atomic E-state index is -0.420. The minimum Gasteiger partial charge on any atom is -0.438 e. The molecule has 1 fully saturated rings. The van der Waals surface area contributed by atoms with Gasteiger partial charge in [0, 0.05) is 24.8 Å². The molecular formula is C25H23N7O3S. The van der Waals surface area contributed by atoms with Gasteiger partial charge in [-0.25, -0.2) is 14.7 Å². The molecule has 3 N–H and O–H groups in total. The van der Waals surface area contributed by atoms with Crippen molar-refractivity contribution in [1.29, 1.82) is 0 Å². The van der Waals surface area contributed by atoms with E-state index < -0.39 is 6.03 Å². The molecule has 6 rings (SSSR count). The predicted molar refractivity (Wildman–Crippen MR) is 137 cm³/mol. The molecule has 2 aliphatic heterocycles. The van der Waals surface area contributed by atoms with Gasteiger partial charge < -0.3 is 20.7 Å². The number of hydrogen-bond donors (Lipinski definition) is 3. The standard InChI is InChI=1S/C25H23N7O3S/c1-14-12-18(35-16-7-3-2-4-8-16)30-31-22(14)32-17-9-11-27-24-19(17)20(29-25(32)34)21(36-24)23(33)28-15-6-5-10-26-13-15/h2-4,7-9,11-12,15,26H,5-6,10,13H2,1H3,(H,28,33)(H,29,34)/t15-/m1/s1. The Balaban J connectivity index is 1.34. The zero-order chi connectivity index (χ0) is 24.6. The van der Waals surface area contributed by atoms with E-state index in [1.807, 2.05) is 37.3 Å². The molecule has 4 aromatic rings. The zero-order valence-corrected chi connectivity index (χ0v) is 20.3. The van der Waals surface area contributed by atoms with E-state index in [0.29, 0.717) is 49.5 Å². The first-order valence-electron chi connectivity index (χ1n) is 11.7. The van der Waals surface area contributed by atoms with Gasteiger partial charge in [0.2, 0.25) is 5.88 Å².